The van der Waals surface area contributed by atoms with Gasteiger partial charge in [-0.2, -0.15) is 0 Å². The molecule has 0 aromatic heterocycles. The van der Waals surface area contributed by atoms with Crippen molar-refractivity contribution in [2.75, 3.05) is 51.7 Å². The first-order chi connectivity index (χ1) is 17.9. The summed E-state index contributed by atoms with van der Waals surface area (Å²) in [6, 6.07) is 20.9. The minimum absolute atomic E-state index is 0.0943. The maximum atomic E-state index is 13.4. The van der Waals surface area contributed by atoms with Gasteiger partial charge in [0, 0.05) is 57.1 Å². The van der Waals surface area contributed by atoms with E-state index in [0.29, 0.717) is 44.0 Å². The largest absolute Gasteiger partial charge is 0.497 e. The average molecular weight is 505 g/mol. The molecule has 0 atom stereocenters. The predicted molar refractivity (Wildman–Crippen MR) is 142 cm³/mol. The van der Waals surface area contributed by atoms with E-state index in [1.54, 1.807) is 48.4 Å². The van der Waals surface area contributed by atoms with E-state index in [4.69, 9.17) is 4.74 Å². The first-order valence-electron chi connectivity index (χ1n) is 12.4. The lowest BCUT2D eigenvalue weighted by molar-refractivity contribution is 0.0704. The number of benzene rings is 3. The molecular weight excluding hydrogens is 471 g/mol. The Hall–Kier alpha value is -3.91. The van der Waals surface area contributed by atoms with Crippen molar-refractivity contribution in [3.8, 4) is 5.75 Å². The number of nitrogens with zero attached hydrogens (tertiary/aromatic N) is 3. The summed E-state index contributed by atoms with van der Waals surface area (Å²) in [6.45, 7) is 6.24. The number of amides is 3. The van der Waals surface area contributed by atoms with Crippen LogP contribution in [-0.2, 0) is 6.54 Å². The van der Waals surface area contributed by atoms with Gasteiger partial charge in [0.15, 0.2) is 0 Å². The number of hydrogen-bond donors (Lipinski definition) is 1. The van der Waals surface area contributed by atoms with Gasteiger partial charge in [0.2, 0.25) is 0 Å². The number of methoxy groups -OCH3 is 1. The first-order valence-corrected chi connectivity index (χ1v) is 12.4. The molecule has 0 aliphatic carbocycles. The molecule has 194 valence electrons. The number of nitrogens with one attached hydrogen (secondary N) is 1. The van der Waals surface area contributed by atoms with Crippen LogP contribution in [0, 0.1) is 12.7 Å². The van der Waals surface area contributed by atoms with Crippen molar-refractivity contribution in [3.63, 3.8) is 0 Å². The summed E-state index contributed by atoms with van der Waals surface area (Å²) < 4.78 is 18.6. The minimum atomic E-state index is -0.305. The van der Waals surface area contributed by atoms with E-state index in [0.717, 1.165) is 29.9 Å². The van der Waals surface area contributed by atoms with Gasteiger partial charge in [0.05, 0.1) is 7.11 Å². The highest BCUT2D eigenvalue weighted by atomic mass is 19.1. The van der Waals surface area contributed by atoms with E-state index in [1.807, 2.05) is 36.1 Å². The Balaban J connectivity index is 1.34. The van der Waals surface area contributed by atoms with Gasteiger partial charge in [-0.15, -0.1) is 0 Å². The van der Waals surface area contributed by atoms with Crippen molar-refractivity contribution in [2.45, 2.75) is 13.5 Å². The Morgan fingerprint density at radius 3 is 2.32 bits per heavy atom. The van der Waals surface area contributed by atoms with Crippen molar-refractivity contribution < 1.29 is 18.7 Å². The van der Waals surface area contributed by atoms with Gasteiger partial charge in [-0.1, -0.05) is 24.3 Å². The van der Waals surface area contributed by atoms with Crippen LogP contribution in [0.2, 0.25) is 0 Å². The van der Waals surface area contributed by atoms with Gasteiger partial charge in [0.25, 0.3) is 5.91 Å². The Morgan fingerprint density at radius 2 is 1.68 bits per heavy atom. The van der Waals surface area contributed by atoms with Crippen LogP contribution in [0.3, 0.4) is 0 Å². The molecule has 0 unspecified atom stereocenters. The number of anilines is 1. The number of rotatable bonds is 8. The molecule has 3 aromatic carbocycles. The van der Waals surface area contributed by atoms with Gasteiger partial charge in [-0.25, -0.2) is 9.18 Å². The molecule has 37 heavy (non-hydrogen) atoms. The lowest BCUT2D eigenvalue weighted by Crippen LogP contribution is -2.51. The van der Waals surface area contributed by atoms with E-state index in [1.165, 1.54) is 12.1 Å². The van der Waals surface area contributed by atoms with Crippen LogP contribution < -0.4 is 10.1 Å². The zero-order valence-corrected chi connectivity index (χ0v) is 21.3. The summed E-state index contributed by atoms with van der Waals surface area (Å²) in [7, 11) is 1.59. The molecular formula is C29H33FN4O3. The van der Waals surface area contributed by atoms with Crippen LogP contribution in [0.4, 0.5) is 14.9 Å². The second-order valence-corrected chi connectivity index (χ2v) is 9.21. The molecule has 7 nitrogen and oxygen atoms in total. The third-order valence-corrected chi connectivity index (χ3v) is 6.53. The van der Waals surface area contributed by atoms with E-state index in [9.17, 15) is 14.0 Å². The number of halogens is 1. The summed E-state index contributed by atoms with van der Waals surface area (Å²) in [6.07, 6.45) is 0. The molecule has 0 bridgehead atoms. The van der Waals surface area contributed by atoms with Gasteiger partial charge >= 0.3 is 6.03 Å². The Kier molecular flexibility index (Phi) is 8.74. The number of aryl methyl sites for hydroxylation is 1. The molecule has 3 amide bonds. The topological polar surface area (TPSA) is 65.1 Å². The van der Waals surface area contributed by atoms with Crippen LogP contribution in [0.25, 0.3) is 0 Å². The molecule has 0 saturated carbocycles. The van der Waals surface area contributed by atoms with E-state index in [2.05, 4.69) is 10.2 Å². The van der Waals surface area contributed by atoms with Gasteiger partial charge in [-0.3, -0.25) is 9.69 Å². The van der Waals surface area contributed by atoms with Crippen LogP contribution in [0.1, 0.15) is 21.5 Å². The highest BCUT2D eigenvalue weighted by Crippen LogP contribution is 2.16. The van der Waals surface area contributed by atoms with E-state index < -0.39 is 0 Å². The summed E-state index contributed by atoms with van der Waals surface area (Å²) >= 11 is 0. The van der Waals surface area contributed by atoms with Crippen LogP contribution in [0.5, 0.6) is 5.75 Å². The fourth-order valence-corrected chi connectivity index (χ4v) is 4.34. The number of urea groups is 1. The number of piperazine rings is 1. The summed E-state index contributed by atoms with van der Waals surface area (Å²) in [5.41, 5.74) is 3.32. The monoisotopic (exact) mass is 504 g/mol. The fourth-order valence-electron chi connectivity index (χ4n) is 4.34. The lowest BCUT2D eigenvalue weighted by atomic mass is 10.1. The fraction of sp³-hybridized carbons (Fsp3) is 0.310. The maximum Gasteiger partial charge on any atom is 0.321 e. The summed E-state index contributed by atoms with van der Waals surface area (Å²) in [5.74, 6) is 0.287. The van der Waals surface area contributed by atoms with Crippen LogP contribution in [-0.4, -0.2) is 73.0 Å². The maximum absolute atomic E-state index is 13.4. The first kappa shape index (κ1) is 26.2. The van der Waals surface area contributed by atoms with Crippen LogP contribution in [0.15, 0.2) is 72.8 Å². The summed E-state index contributed by atoms with van der Waals surface area (Å²) in [5, 5.41) is 2.97. The van der Waals surface area contributed by atoms with Crippen LogP contribution >= 0.6 is 0 Å². The zero-order chi connectivity index (χ0) is 26.2. The second-order valence-electron chi connectivity index (χ2n) is 9.21. The SMILES string of the molecule is COc1ccc(C(=O)N(CCN2CCN(C(=O)Nc3cccc(C)c3)CC2)Cc2ccc(F)cc2)cc1. The Labute approximate surface area is 217 Å². The molecule has 8 heteroatoms. The van der Waals surface area contributed by atoms with Crippen molar-refractivity contribution in [3.05, 3.63) is 95.3 Å². The average Bonchev–Trinajstić information content (AvgIpc) is 2.92. The summed E-state index contributed by atoms with van der Waals surface area (Å²) in [4.78, 5) is 31.9. The number of hydrogen-bond acceptors (Lipinski definition) is 4. The van der Waals surface area contributed by atoms with Gasteiger partial charge in [-0.05, 0) is 66.6 Å². The van der Waals surface area contributed by atoms with Crippen molar-refractivity contribution in [2.24, 2.45) is 0 Å². The smallest absolute Gasteiger partial charge is 0.321 e. The molecule has 1 fully saturated rings. The second kappa shape index (κ2) is 12.4. The Morgan fingerprint density at radius 1 is 0.973 bits per heavy atom. The van der Waals surface area contributed by atoms with E-state index >= 15 is 0 Å². The van der Waals surface area contributed by atoms with Gasteiger partial charge in [0.1, 0.15) is 11.6 Å². The molecule has 4 rings (SSSR count). The molecule has 0 radical (unpaired) electrons. The number of ether oxygens (including phenoxy) is 1. The molecule has 0 spiro atoms. The quantitative estimate of drug-likeness (QED) is 0.486. The van der Waals surface area contributed by atoms with Crippen molar-refractivity contribution in [1.82, 2.24) is 14.7 Å². The normalized spacial score (nSPS) is 13.8. The van der Waals surface area contributed by atoms with Crippen molar-refractivity contribution >= 4 is 17.6 Å². The lowest BCUT2D eigenvalue weighted by Gasteiger charge is -2.36. The third kappa shape index (κ3) is 7.30. The van der Waals surface area contributed by atoms with Crippen molar-refractivity contribution in [1.29, 1.82) is 0 Å². The van der Waals surface area contributed by atoms with E-state index in [-0.39, 0.29) is 17.8 Å². The molecule has 1 N–H and O–H groups in total. The van der Waals surface area contributed by atoms with Gasteiger partial charge < -0.3 is 19.9 Å². The molecule has 1 aliphatic rings. The zero-order valence-electron chi connectivity index (χ0n) is 21.3. The highest BCUT2D eigenvalue weighted by Gasteiger charge is 2.23. The molecule has 3 aromatic rings. The highest BCUT2D eigenvalue weighted by molar-refractivity contribution is 5.94. The molecule has 1 heterocycles. The standard InChI is InChI=1S/C29H33FN4O3/c1-22-4-3-5-26(20-22)31-29(36)33-17-14-32(15-18-33)16-19-34(21-23-6-10-25(30)11-7-23)28(35)24-8-12-27(37-2)13-9-24/h3-13,20H,14-19,21H2,1-2H3,(H,31,36). The predicted octanol–water partition coefficient (Wildman–Crippen LogP) is 4.63. The molecule has 1 saturated heterocycles. The molecule has 1 aliphatic heterocycles. The Bertz CT molecular complexity index is 1190. The minimum Gasteiger partial charge on any atom is -0.497 e. The number of carbonyl (C=O) groups is 2. The third-order valence-electron chi connectivity index (χ3n) is 6.53. The number of carbonyl (C=O) groups excluding carboxylic acids is 2.